The Hall–Kier alpha value is -4.13. The van der Waals surface area contributed by atoms with Crippen LogP contribution in [0.5, 0.6) is 23.0 Å². The van der Waals surface area contributed by atoms with E-state index in [1.807, 2.05) is 67.6 Å². The molecule has 3 rings (SSSR count). The van der Waals surface area contributed by atoms with Gasteiger partial charge < -0.3 is 29.6 Å². The second-order valence-corrected chi connectivity index (χ2v) is 7.20. The van der Waals surface area contributed by atoms with Crippen molar-refractivity contribution in [2.24, 2.45) is 0 Å². The molecule has 3 aromatic rings. The Morgan fingerprint density at radius 3 is 2.00 bits per heavy atom. The van der Waals surface area contributed by atoms with Crippen LogP contribution in [0.1, 0.15) is 16.7 Å². The maximum atomic E-state index is 12.5. The molecule has 33 heavy (non-hydrogen) atoms. The number of benzene rings is 3. The van der Waals surface area contributed by atoms with Crippen LogP contribution in [0.15, 0.2) is 54.6 Å². The van der Waals surface area contributed by atoms with Crippen LogP contribution in [0.4, 0.5) is 16.2 Å². The lowest BCUT2D eigenvalue weighted by molar-refractivity contribution is 0.262. The second-order valence-electron chi connectivity index (χ2n) is 7.20. The Kier molecular flexibility index (Phi) is 7.81. The van der Waals surface area contributed by atoms with Crippen LogP contribution in [0, 0.1) is 6.92 Å². The number of carbonyl (C=O) groups excluding carboxylic acids is 1. The predicted octanol–water partition coefficient (Wildman–Crippen LogP) is 5.84. The van der Waals surface area contributed by atoms with Gasteiger partial charge in [-0.3, -0.25) is 0 Å². The Balaban J connectivity index is 1.82. The number of carbonyl (C=O) groups is 1. The standard InChI is InChI=1S/C26H28N2O5/c1-17-7-6-8-20(13-17)27-26(29)28-21-14-18(11-12-22(21)30-2)9-10-19-15-23(31-3)25(33-5)24(16-19)32-4/h6-16H,1-5H3,(H2,27,28,29)/b10-9-. The zero-order chi connectivity index (χ0) is 23.8. The summed E-state index contributed by atoms with van der Waals surface area (Å²) < 4.78 is 21.6. The molecule has 0 saturated heterocycles. The third-order valence-electron chi connectivity index (χ3n) is 4.90. The SMILES string of the molecule is COc1ccc(/C=C\c2cc(OC)c(OC)c(OC)c2)cc1NC(=O)Nc1cccc(C)c1. The highest BCUT2D eigenvalue weighted by molar-refractivity contribution is 6.01. The maximum absolute atomic E-state index is 12.5. The molecule has 2 amide bonds. The summed E-state index contributed by atoms with van der Waals surface area (Å²) in [7, 11) is 6.28. The predicted molar refractivity (Wildman–Crippen MR) is 132 cm³/mol. The summed E-state index contributed by atoms with van der Waals surface area (Å²) in [6, 6.07) is 16.5. The van der Waals surface area contributed by atoms with Crippen molar-refractivity contribution in [3.63, 3.8) is 0 Å². The zero-order valence-electron chi connectivity index (χ0n) is 19.4. The second kappa shape index (κ2) is 10.9. The van der Waals surface area contributed by atoms with Gasteiger partial charge in [0.05, 0.1) is 34.1 Å². The molecule has 0 saturated carbocycles. The zero-order valence-corrected chi connectivity index (χ0v) is 19.4. The number of hydrogen-bond acceptors (Lipinski definition) is 5. The van der Waals surface area contributed by atoms with Gasteiger partial charge in [-0.15, -0.1) is 0 Å². The summed E-state index contributed by atoms with van der Waals surface area (Å²) in [6.07, 6.45) is 3.84. The Bertz CT molecular complexity index is 1130. The number of nitrogens with one attached hydrogen (secondary N) is 2. The van der Waals surface area contributed by atoms with E-state index in [2.05, 4.69) is 10.6 Å². The van der Waals surface area contributed by atoms with Gasteiger partial charge in [-0.2, -0.15) is 0 Å². The summed E-state index contributed by atoms with van der Waals surface area (Å²) in [5.74, 6) is 2.23. The lowest BCUT2D eigenvalue weighted by atomic mass is 10.1. The van der Waals surface area contributed by atoms with Gasteiger partial charge in [-0.05, 0) is 60.0 Å². The molecule has 0 spiro atoms. The van der Waals surface area contributed by atoms with E-state index in [1.165, 1.54) is 0 Å². The molecule has 0 aliphatic carbocycles. The monoisotopic (exact) mass is 448 g/mol. The quantitative estimate of drug-likeness (QED) is 0.423. The first-order valence-electron chi connectivity index (χ1n) is 10.3. The van der Waals surface area contributed by atoms with Crippen LogP contribution in [0.2, 0.25) is 0 Å². The number of anilines is 2. The number of methoxy groups -OCH3 is 4. The molecule has 7 nitrogen and oxygen atoms in total. The molecule has 0 fully saturated rings. The molecule has 0 atom stereocenters. The van der Waals surface area contributed by atoms with E-state index in [1.54, 1.807) is 34.5 Å². The number of amides is 2. The Labute approximate surface area is 193 Å². The number of rotatable bonds is 8. The van der Waals surface area contributed by atoms with Crippen LogP contribution >= 0.6 is 0 Å². The van der Waals surface area contributed by atoms with E-state index in [4.69, 9.17) is 18.9 Å². The average Bonchev–Trinajstić information content (AvgIpc) is 2.82. The van der Waals surface area contributed by atoms with Crippen LogP contribution in [-0.2, 0) is 0 Å². The van der Waals surface area contributed by atoms with Crippen LogP contribution in [-0.4, -0.2) is 34.5 Å². The van der Waals surface area contributed by atoms with Gasteiger partial charge in [0.1, 0.15) is 5.75 Å². The van der Waals surface area contributed by atoms with Gasteiger partial charge in [0.2, 0.25) is 5.75 Å². The van der Waals surface area contributed by atoms with Gasteiger partial charge in [-0.25, -0.2) is 4.79 Å². The fourth-order valence-electron chi connectivity index (χ4n) is 3.32. The first kappa shape index (κ1) is 23.5. The van der Waals surface area contributed by atoms with Gasteiger partial charge in [0.15, 0.2) is 11.5 Å². The smallest absolute Gasteiger partial charge is 0.323 e. The summed E-state index contributed by atoms with van der Waals surface area (Å²) in [5, 5.41) is 5.69. The molecule has 0 heterocycles. The van der Waals surface area contributed by atoms with Gasteiger partial charge in [-0.1, -0.05) is 30.4 Å². The van der Waals surface area contributed by atoms with Crippen molar-refractivity contribution in [2.45, 2.75) is 6.92 Å². The van der Waals surface area contributed by atoms with E-state index in [-0.39, 0.29) is 6.03 Å². The molecule has 2 N–H and O–H groups in total. The third kappa shape index (κ3) is 5.98. The number of aryl methyl sites for hydroxylation is 1. The van der Waals surface area contributed by atoms with Crippen LogP contribution < -0.4 is 29.6 Å². The van der Waals surface area contributed by atoms with E-state index in [0.717, 1.165) is 16.7 Å². The fourth-order valence-corrected chi connectivity index (χ4v) is 3.32. The van der Waals surface area contributed by atoms with Crippen molar-refractivity contribution in [3.8, 4) is 23.0 Å². The molecule has 0 unspecified atom stereocenters. The summed E-state index contributed by atoms with van der Waals surface area (Å²) >= 11 is 0. The largest absolute Gasteiger partial charge is 0.495 e. The molecule has 0 aliphatic rings. The topological polar surface area (TPSA) is 78.1 Å². The molecule has 172 valence electrons. The average molecular weight is 449 g/mol. The van der Waals surface area contributed by atoms with Gasteiger partial charge >= 0.3 is 6.03 Å². The Morgan fingerprint density at radius 2 is 1.39 bits per heavy atom. The lowest BCUT2D eigenvalue weighted by Gasteiger charge is -2.13. The first-order valence-corrected chi connectivity index (χ1v) is 10.3. The summed E-state index contributed by atoms with van der Waals surface area (Å²) in [6.45, 7) is 1.97. The highest BCUT2D eigenvalue weighted by atomic mass is 16.5. The summed E-state index contributed by atoms with van der Waals surface area (Å²) in [4.78, 5) is 12.5. The van der Waals surface area contributed by atoms with Crippen molar-refractivity contribution in [3.05, 3.63) is 71.3 Å². The minimum atomic E-state index is -0.357. The van der Waals surface area contributed by atoms with Gasteiger partial charge in [0.25, 0.3) is 0 Å². The van der Waals surface area contributed by atoms with Crippen LogP contribution in [0.25, 0.3) is 12.2 Å². The van der Waals surface area contributed by atoms with Crippen molar-refractivity contribution in [1.29, 1.82) is 0 Å². The molecule has 7 heteroatoms. The fraction of sp³-hybridized carbons (Fsp3) is 0.192. The number of hydrogen-bond donors (Lipinski definition) is 2. The number of ether oxygens (including phenoxy) is 4. The van der Waals surface area contributed by atoms with Crippen molar-refractivity contribution >= 4 is 29.6 Å². The number of urea groups is 1. The maximum Gasteiger partial charge on any atom is 0.323 e. The normalized spacial score (nSPS) is 10.6. The van der Waals surface area contributed by atoms with Gasteiger partial charge in [0, 0.05) is 5.69 Å². The van der Waals surface area contributed by atoms with Crippen LogP contribution in [0.3, 0.4) is 0 Å². The molecule has 0 aliphatic heterocycles. The Morgan fingerprint density at radius 1 is 0.727 bits per heavy atom. The van der Waals surface area contributed by atoms with E-state index >= 15 is 0 Å². The van der Waals surface area contributed by atoms with E-state index in [9.17, 15) is 4.79 Å². The van der Waals surface area contributed by atoms with Crippen molar-refractivity contribution in [2.75, 3.05) is 39.1 Å². The molecule has 3 aromatic carbocycles. The minimum absolute atomic E-state index is 0.357. The van der Waals surface area contributed by atoms with E-state index in [0.29, 0.717) is 34.4 Å². The highest BCUT2D eigenvalue weighted by Crippen LogP contribution is 2.38. The molecule has 0 radical (unpaired) electrons. The van der Waals surface area contributed by atoms with Crippen molar-refractivity contribution in [1.82, 2.24) is 0 Å². The highest BCUT2D eigenvalue weighted by Gasteiger charge is 2.12. The first-order chi connectivity index (χ1) is 16.0. The summed E-state index contributed by atoms with van der Waals surface area (Å²) in [5.41, 5.74) is 4.06. The third-order valence-corrected chi connectivity index (χ3v) is 4.90. The van der Waals surface area contributed by atoms with Crippen molar-refractivity contribution < 1.29 is 23.7 Å². The lowest BCUT2D eigenvalue weighted by Crippen LogP contribution is -2.19. The molecule has 0 bridgehead atoms. The van der Waals surface area contributed by atoms with E-state index < -0.39 is 0 Å². The molecule has 0 aromatic heterocycles. The molecular formula is C26H28N2O5. The minimum Gasteiger partial charge on any atom is -0.495 e. The molecular weight excluding hydrogens is 420 g/mol.